The Balaban J connectivity index is 2.29. The van der Waals surface area contributed by atoms with Crippen molar-refractivity contribution in [1.82, 2.24) is 5.32 Å². The Morgan fingerprint density at radius 2 is 2.19 bits per heavy atom. The van der Waals surface area contributed by atoms with Crippen LogP contribution in [0.2, 0.25) is 0 Å². The summed E-state index contributed by atoms with van der Waals surface area (Å²) < 4.78 is 26.9. The van der Waals surface area contributed by atoms with Crippen LogP contribution in [0.5, 0.6) is 0 Å². The number of amides is 1. The lowest BCUT2D eigenvalue weighted by Gasteiger charge is -2.25. The molecule has 0 bridgehead atoms. The minimum absolute atomic E-state index is 0.382. The van der Waals surface area contributed by atoms with Gasteiger partial charge in [0.15, 0.2) is 0 Å². The average molecular weight is 299 g/mol. The van der Waals surface area contributed by atoms with Crippen LogP contribution in [0.1, 0.15) is 19.8 Å². The van der Waals surface area contributed by atoms with E-state index in [0.717, 1.165) is 0 Å². The molecule has 8 heteroatoms. The molecule has 21 heavy (non-hydrogen) atoms. The molecule has 0 aliphatic carbocycles. The number of nitrogens with one attached hydrogen (secondary N) is 2. The van der Waals surface area contributed by atoms with Crippen molar-refractivity contribution in [1.29, 1.82) is 0 Å². The molecular weight excluding hydrogens is 284 g/mol. The summed E-state index contributed by atoms with van der Waals surface area (Å²) in [6.45, 7) is 2.98. The number of hydrogen-bond donors (Lipinski definition) is 2. The number of carbonyl (C=O) groups is 1. The second-order valence-electron chi connectivity index (χ2n) is 5.06. The van der Waals surface area contributed by atoms with Crippen LogP contribution in [-0.4, -0.2) is 23.9 Å². The van der Waals surface area contributed by atoms with Gasteiger partial charge in [-0.1, -0.05) is 6.92 Å². The number of nitro groups is 1. The van der Waals surface area contributed by atoms with Gasteiger partial charge in [-0.25, -0.2) is 4.39 Å². The van der Waals surface area contributed by atoms with E-state index in [1.54, 1.807) is 0 Å². The smallest absolute Gasteiger partial charge is 0.307 e. The minimum atomic E-state index is -1.27. The number of anilines is 1. The van der Waals surface area contributed by atoms with Crippen LogP contribution in [0.4, 0.5) is 20.2 Å². The third-order valence-electron chi connectivity index (χ3n) is 3.88. The van der Waals surface area contributed by atoms with Crippen LogP contribution in [0.25, 0.3) is 0 Å². The van der Waals surface area contributed by atoms with E-state index >= 15 is 0 Å². The van der Waals surface area contributed by atoms with Gasteiger partial charge in [-0.2, -0.15) is 4.39 Å². The monoisotopic (exact) mass is 299 g/mol. The summed E-state index contributed by atoms with van der Waals surface area (Å²) in [5.41, 5.74) is -1.93. The summed E-state index contributed by atoms with van der Waals surface area (Å²) in [7, 11) is 0. The van der Waals surface area contributed by atoms with Gasteiger partial charge in [0, 0.05) is 18.7 Å². The Morgan fingerprint density at radius 1 is 1.48 bits per heavy atom. The van der Waals surface area contributed by atoms with E-state index in [1.165, 1.54) is 0 Å². The van der Waals surface area contributed by atoms with E-state index in [0.29, 0.717) is 38.1 Å². The van der Waals surface area contributed by atoms with Gasteiger partial charge < -0.3 is 10.6 Å². The lowest BCUT2D eigenvalue weighted by molar-refractivity contribution is -0.387. The molecule has 0 radical (unpaired) electrons. The Morgan fingerprint density at radius 3 is 2.71 bits per heavy atom. The van der Waals surface area contributed by atoms with Crippen molar-refractivity contribution in [3.05, 3.63) is 33.9 Å². The SMILES string of the molecule is CCC1(C(=O)Nc2cc([N+](=O)[O-])c(F)cc2F)CCNC1. The fourth-order valence-corrected chi connectivity index (χ4v) is 2.43. The molecule has 6 nitrogen and oxygen atoms in total. The van der Waals surface area contributed by atoms with E-state index in [1.807, 2.05) is 6.92 Å². The molecule has 0 saturated carbocycles. The fraction of sp³-hybridized carbons (Fsp3) is 0.462. The molecular formula is C13H15F2N3O3. The molecule has 1 amide bonds. The third kappa shape index (κ3) is 2.85. The van der Waals surface area contributed by atoms with Gasteiger partial charge in [0.1, 0.15) is 5.82 Å². The predicted octanol–water partition coefficient (Wildman–Crippen LogP) is 2.20. The second-order valence-corrected chi connectivity index (χ2v) is 5.06. The van der Waals surface area contributed by atoms with Crippen LogP contribution in [0.15, 0.2) is 12.1 Å². The predicted molar refractivity (Wildman–Crippen MR) is 71.9 cm³/mol. The van der Waals surface area contributed by atoms with Crippen molar-refractivity contribution in [2.75, 3.05) is 18.4 Å². The highest BCUT2D eigenvalue weighted by Gasteiger charge is 2.39. The Bertz CT molecular complexity index is 586. The maximum Gasteiger partial charge on any atom is 0.307 e. The highest BCUT2D eigenvalue weighted by molar-refractivity contribution is 5.96. The van der Waals surface area contributed by atoms with Crippen molar-refractivity contribution in [2.24, 2.45) is 5.41 Å². The summed E-state index contributed by atoms with van der Waals surface area (Å²) in [6, 6.07) is 1.10. The van der Waals surface area contributed by atoms with E-state index < -0.39 is 33.6 Å². The molecule has 1 heterocycles. The lowest BCUT2D eigenvalue weighted by Crippen LogP contribution is -2.37. The molecule has 1 aliphatic rings. The van der Waals surface area contributed by atoms with Crippen molar-refractivity contribution in [3.63, 3.8) is 0 Å². The molecule has 1 atom stereocenters. The number of nitro benzene ring substituents is 1. The average Bonchev–Trinajstić information content (AvgIpc) is 2.91. The highest BCUT2D eigenvalue weighted by atomic mass is 19.1. The zero-order chi connectivity index (χ0) is 15.6. The molecule has 1 aromatic carbocycles. The summed E-state index contributed by atoms with van der Waals surface area (Å²) in [4.78, 5) is 22.0. The number of nitrogens with zero attached hydrogens (tertiary/aromatic N) is 1. The topological polar surface area (TPSA) is 84.3 Å². The molecule has 0 spiro atoms. The number of carbonyl (C=O) groups excluding carboxylic acids is 1. The molecule has 1 saturated heterocycles. The Labute approximate surface area is 119 Å². The first kappa shape index (κ1) is 15.3. The number of benzene rings is 1. The van der Waals surface area contributed by atoms with E-state index in [2.05, 4.69) is 10.6 Å². The molecule has 1 fully saturated rings. The van der Waals surface area contributed by atoms with Gasteiger partial charge in [-0.15, -0.1) is 0 Å². The standard InChI is InChI=1S/C13H15F2N3O3/c1-2-13(3-4-16-7-13)12(19)17-10-6-11(18(20)21)9(15)5-8(10)14/h5-6,16H,2-4,7H2,1H3,(H,17,19). The number of hydrogen-bond acceptors (Lipinski definition) is 4. The maximum absolute atomic E-state index is 13.7. The third-order valence-corrected chi connectivity index (χ3v) is 3.88. The van der Waals surface area contributed by atoms with Crippen LogP contribution in [0.3, 0.4) is 0 Å². The molecule has 2 N–H and O–H groups in total. The fourth-order valence-electron chi connectivity index (χ4n) is 2.43. The van der Waals surface area contributed by atoms with E-state index in [-0.39, 0.29) is 5.69 Å². The van der Waals surface area contributed by atoms with E-state index in [4.69, 9.17) is 0 Å². The van der Waals surface area contributed by atoms with Gasteiger partial charge in [0.05, 0.1) is 16.0 Å². The number of halogens is 2. The second kappa shape index (κ2) is 5.72. The first-order chi connectivity index (χ1) is 9.89. The van der Waals surface area contributed by atoms with E-state index in [9.17, 15) is 23.7 Å². The summed E-state index contributed by atoms with van der Waals surface area (Å²) >= 11 is 0. The van der Waals surface area contributed by atoms with Gasteiger partial charge in [-0.3, -0.25) is 14.9 Å². The number of rotatable bonds is 4. The molecule has 2 rings (SSSR count). The molecule has 1 aliphatic heterocycles. The maximum atomic E-state index is 13.7. The zero-order valence-corrected chi connectivity index (χ0v) is 11.4. The Hall–Kier alpha value is -2.09. The summed E-state index contributed by atoms with van der Waals surface area (Å²) in [5.74, 6) is -2.73. The first-order valence-corrected chi connectivity index (χ1v) is 6.55. The minimum Gasteiger partial charge on any atom is -0.323 e. The quantitative estimate of drug-likeness (QED) is 0.659. The Kier molecular flexibility index (Phi) is 4.17. The largest absolute Gasteiger partial charge is 0.323 e. The van der Waals surface area contributed by atoms with Gasteiger partial charge in [0.25, 0.3) is 0 Å². The van der Waals surface area contributed by atoms with Gasteiger partial charge >= 0.3 is 5.69 Å². The molecule has 1 aromatic rings. The highest BCUT2D eigenvalue weighted by Crippen LogP contribution is 2.32. The normalized spacial score (nSPS) is 21.3. The lowest BCUT2D eigenvalue weighted by atomic mass is 9.83. The van der Waals surface area contributed by atoms with Crippen LogP contribution < -0.4 is 10.6 Å². The summed E-state index contributed by atoms with van der Waals surface area (Å²) in [5, 5.41) is 16.1. The summed E-state index contributed by atoms with van der Waals surface area (Å²) in [6.07, 6.45) is 1.15. The van der Waals surface area contributed by atoms with Gasteiger partial charge in [-0.05, 0) is 19.4 Å². The van der Waals surface area contributed by atoms with Crippen LogP contribution in [0, 0.1) is 27.2 Å². The van der Waals surface area contributed by atoms with Crippen molar-refractivity contribution in [2.45, 2.75) is 19.8 Å². The van der Waals surface area contributed by atoms with Crippen molar-refractivity contribution < 1.29 is 18.5 Å². The van der Waals surface area contributed by atoms with Crippen LogP contribution in [-0.2, 0) is 4.79 Å². The zero-order valence-electron chi connectivity index (χ0n) is 11.4. The molecule has 1 unspecified atom stereocenters. The van der Waals surface area contributed by atoms with Crippen molar-refractivity contribution >= 4 is 17.3 Å². The first-order valence-electron chi connectivity index (χ1n) is 6.55. The molecule has 0 aromatic heterocycles. The van der Waals surface area contributed by atoms with Crippen LogP contribution >= 0.6 is 0 Å². The van der Waals surface area contributed by atoms with Gasteiger partial charge in [0.2, 0.25) is 11.7 Å². The van der Waals surface area contributed by atoms with Crippen molar-refractivity contribution in [3.8, 4) is 0 Å². The molecule has 114 valence electrons.